The minimum absolute atomic E-state index is 0.860. The van der Waals surface area contributed by atoms with Crippen molar-refractivity contribution in [1.29, 1.82) is 0 Å². The van der Waals surface area contributed by atoms with Crippen LogP contribution in [0.15, 0.2) is 12.2 Å². The molecular formula is C11H20. The van der Waals surface area contributed by atoms with E-state index in [9.17, 15) is 0 Å². The van der Waals surface area contributed by atoms with Crippen LogP contribution in [0.2, 0.25) is 0 Å². The lowest BCUT2D eigenvalue weighted by Crippen LogP contribution is -2.15. The van der Waals surface area contributed by atoms with Crippen LogP contribution < -0.4 is 0 Å². The van der Waals surface area contributed by atoms with Crippen molar-refractivity contribution >= 4 is 0 Å². The third-order valence-electron chi connectivity index (χ3n) is 3.03. The van der Waals surface area contributed by atoms with E-state index >= 15 is 0 Å². The molecule has 0 saturated heterocycles. The summed E-state index contributed by atoms with van der Waals surface area (Å²) in [6.45, 7) is 6.96. The molecule has 3 atom stereocenters. The van der Waals surface area contributed by atoms with Gasteiger partial charge in [-0.2, -0.15) is 0 Å². The van der Waals surface area contributed by atoms with E-state index in [1.807, 2.05) is 0 Å². The molecule has 0 amide bonds. The maximum atomic E-state index is 2.37. The second-order valence-electron chi connectivity index (χ2n) is 4.00. The maximum absolute atomic E-state index is 2.37. The molecule has 0 radical (unpaired) electrons. The molecule has 1 rings (SSSR count). The quantitative estimate of drug-likeness (QED) is 0.539. The fourth-order valence-electron chi connectivity index (χ4n) is 1.53. The first kappa shape index (κ1) is 8.83. The molecule has 0 spiro atoms. The van der Waals surface area contributed by atoms with Gasteiger partial charge in [0.05, 0.1) is 0 Å². The Morgan fingerprint density at radius 3 is 2.45 bits per heavy atom. The topological polar surface area (TPSA) is 0 Å². The van der Waals surface area contributed by atoms with Crippen LogP contribution in [0.5, 0.6) is 0 Å². The molecule has 0 fully saturated rings. The van der Waals surface area contributed by atoms with E-state index in [4.69, 9.17) is 0 Å². The van der Waals surface area contributed by atoms with Gasteiger partial charge in [-0.05, 0) is 24.2 Å². The zero-order chi connectivity index (χ0) is 8.27. The highest BCUT2D eigenvalue weighted by Crippen LogP contribution is 2.30. The molecule has 0 heteroatoms. The van der Waals surface area contributed by atoms with Crippen LogP contribution in [-0.2, 0) is 0 Å². The van der Waals surface area contributed by atoms with E-state index in [-0.39, 0.29) is 0 Å². The summed E-state index contributed by atoms with van der Waals surface area (Å²) in [5, 5.41) is 0. The van der Waals surface area contributed by atoms with Gasteiger partial charge in [-0.3, -0.25) is 0 Å². The normalized spacial score (nSPS) is 31.5. The number of hydrogen-bond acceptors (Lipinski definition) is 0. The van der Waals surface area contributed by atoms with E-state index < -0.39 is 0 Å². The van der Waals surface area contributed by atoms with Crippen molar-refractivity contribution in [1.82, 2.24) is 0 Å². The van der Waals surface area contributed by atoms with Gasteiger partial charge in [-0.1, -0.05) is 45.8 Å². The van der Waals surface area contributed by atoms with Crippen LogP contribution in [0, 0.1) is 17.8 Å². The van der Waals surface area contributed by atoms with Gasteiger partial charge in [0.15, 0.2) is 0 Å². The molecule has 0 aromatic rings. The van der Waals surface area contributed by atoms with Crippen molar-refractivity contribution in [2.75, 3.05) is 0 Å². The molecule has 0 aromatic heterocycles. The minimum Gasteiger partial charge on any atom is -0.0848 e. The van der Waals surface area contributed by atoms with E-state index in [1.54, 1.807) is 0 Å². The van der Waals surface area contributed by atoms with Crippen LogP contribution in [0.1, 0.15) is 40.0 Å². The van der Waals surface area contributed by atoms with Crippen molar-refractivity contribution in [2.24, 2.45) is 17.8 Å². The van der Waals surface area contributed by atoms with Crippen molar-refractivity contribution in [3.05, 3.63) is 12.2 Å². The Hall–Kier alpha value is -0.260. The van der Waals surface area contributed by atoms with Crippen LogP contribution in [0.25, 0.3) is 0 Å². The standard InChI is InChI=1S/C11H20/c1-4-9(2)5-7-11-8-6-10(11)3/h6,8-11H,4-5,7H2,1-3H3. The first-order valence-electron chi connectivity index (χ1n) is 4.92. The summed E-state index contributed by atoms with van der Waals surface area (Å²) in [7, 11) is 0. The average molecular weight is 152 g/mol. The summed E-state index contributed by atoms with van der Waals surface area (Å²) in [5.74, 6) is 2.69. The molecule has 1 aliphatic carbocycles. The smallest absolute Gasteiger partial charge is 0.0173 e. The van der Waals surface area contributed by atoms with Crippen LogP contribution in [0.3, 0.4) is 0 Å². The van der Waals surface area contributed by atoms with Gasteiger partial charge in [-0.15, -0.1) is 0 Å². The number of hydrogen-bond donors (Lipinski definition) is 0. The Morgan fingerprint density at radius 2 is 2.09 bits per heavy atom. The predicted molar refractivity (Wildman–Crippen MR) is 50.5 cm³/mol. The summed E-state index contributed by atoms with van der Waals surface area (Å²) < 4.78 is 0. The van der Waals surface area contributed by atoms with Gasteiger partial charge in [0.25, 0.3) is 0 Å². The molecule has 3 unspecified atom stereocenters. The van der Waals surface area contributed by atoms with Gasteiger partial charge in [0.1, 0.15) is 0 Å². The molecule has 0 N–H and O–H groups in total. The third-order valence-corrected chi connectivity index (χ3v) is 3.03. The molecule has 0 aliphatic heterocycles. The van der Waals surface area contributed by atoms with Gasteiger partial charge < -0.3 is 0 Å². The summed E-state index contributed by atoms with van der Waals surface area (Å²) in [6, 6.07) is 0. The van der Waals surface area contributed by atoms with Crippen LogP contribution in [-0.4, -0.2) is 0 Å². The molecule has 0 saturated carbocycles. The molecule has 1 aliphatic rings. The van der Waals surface area contributed by atoms with Gasteiger partial charge in [-0.25, -0.2) is 0 Å². The van der Waals surface area contributed by atoms with Crippen molar-refractivity contribution < 1.29 is 0 Å². The second kappa shape index (κ2) is 3.94. The van der Waals surface area contributed by atoms with Crippen LogP contribution >= 0.6 is 0 Å². The third kappa shape index (κ3) is 2.36. The molecule has 0 heterocycles. The van der Waals surface area contributed by atoms with Gasteiger partial charge in [0, 0.05) is 0 Å². The second-order valence-corrected chi connectivity index (χ2v) is 4.00. The lowest BCUT2D eigenvalue weighted by atomic mass is 9.79. The lowest BCUT2D eigenvalue weighted by Gasteiger charge is -2.26. The highest BCUT2D eigenvalue weighted by atomic mass is 14.2. The Labute approximate surface area is 70.7 Å². The number of allylic oxidation sites excluding steroid dienone is 2. The van der Waals surface area contributed by atoms with E-state index in [0.29, 0.717) is 0 Å². The molecular weight excluding hydrogens is 132 g/mol. The van der Waals surface area contributed by atoms with Gasteiger partial charge in [0.2, 0.25) is 0 Å². The fraction of sp³-hybridized carbons (Fsp3) is 0.818. The summed E-state index contributed by atoms with van der Waals surface area (Å²) in [4.78, 5) is 0. The van der Waals surface area contributed by atoms with E-state index in [2.05, 4.69) is 32.9 Å². The summed E-state index contributed by atoms with van der Waals surface area (Å²) in [5.41, 5.74) is 0. The largest absolute Gasteiger partial charge is 0.0848 e. The van der Waals surface area contributed by atoms with Crippen molar-refractivity contribution in [3.8, 4) is 0 Å². The Balaban J connectivity index is 2.08. The van der Waals surface area contributed by atoms with E-state index in [0.717, 1.165) is 17.8 Å². The molecule has 11 heavy (non-hydrogen) atoms. The SMILES string of the molecule is CCC(C)CCC1C=CC1C. The average Bonchev–Trinajstić information content (AvgIpc) is 2.01. The first-order valence-corrected chi connectivity index (χ1v) is 4.92. The zero-order valence-corrected chi connectivity index (χ0v) is 8.01. The lowest BCUT2D eigenvalue weighted by molar-refractivity contribution is 0.373. The zero-order valence-electron chi connectivity index (χ0n) is 8.01. The Bertz CT molecular complexity index is 135. The predicted octanol–water partition coefficient (Wildman–Crippen LogP) is 3.63. The monoisotopic (exact) mass is 152 g/mol. The summed E-state index contributed by atoms with van der Waals surface area (Å²) in [6.07, 6.45) is 8.85. The van der Waals surface area contributed by atoms with Crippen molar-refractivity contribution in [2.45, 2.75) is 40.0 Å². The highest BCUT2D eigenvalue weighted by Gasteiger charge is 2.19. The molecule has 0 bridgehead atoms. The fourth-order valence-corrected chi connectivity index (χ4v) is 1.53. The molecule has 0 aromatic carbocycles. The highest BCUT2D eigenvalue weighted by molar-refractivity contribution is 5.06. The summed E-state index contributed by atoms with van der Waals surface area (Å²) >= 11 is 0. The molecule has 64 valence electrons. The van der Waals surface area contributed by atoms with E-state index in [1.165, 1.54) is 19.3 Å². The number of rotatable bonds is 4. The van der Waals surface area contributed by atoms with Gasteiger partial charge >= 0.3 is 0 Å². The van der Waals surface area contributed by atoms with Crippen LogP contribution in [0.4, 0.5) is 0 Å². The first-order chi connectivity index (χ1) is 5.24. The molecule has 0 nitrogen and oxygen atoms in total. The maximum Gasteiger partial charge on any atom is -0.0173 e. The minimum atomic E-state index is 0.860. The Kier molecular flexibility index (Phi) is 3.16. The Morgan fingerprint density at radius 1 is 1.36 bits per heavy atom. The van der Waals surface area contributed by atoms with Crippen molar-refractivity contribution in [3.63, 3.8) is 0 Å².